The van der Waals surface area contributed by atoms with Crippen molar-refractivity contribution >= 4 is 6.03 Å². The lowest BCUT2D eigenvalue weighted by Crippen LogP contribution is -2.50. The Hall–Kier alpha value is -2.64. The molecule has 166 valence electrons. The molecule has 1 atom stereocenters. The van der Waals surface area contributed by atoms with Gasteiger partial charge in [-0.2, -0.15) is 13.2 Å². The smallest absolute Gasteiger partial charge is 0.335 e. The van der Waals surface area contributed by atoms with E-state index in [4.69, 9.17) is 0 Å². The largest absolute Gasteiger partial charge is 0.416 e. The summed E-state index contributed by atoms with van der Waals surface area (Å²) in [6.45, 7) is 0.386. The standard InChI is InChI=1S/C23H23F5N2O/c24-22(25)12-9-18(10-13-22)29-21(31)30-14-11-15-3-1-2-4-19(15)20(30)16-5-7-17(8-6-16)23(26,27)28/h1-8,18,20H,9-14H2,(H,29,31)/t20-/m1/s1. The molecular formula is C23H23F5N2O. The van der Waals surface area contributed by atoms with E-state index in [2.05, 4.69) is 5.32 Å². The summed E-state index contributed by atoms with van der Waals surface area (Å²) in [4.78, 5) is 14.7. The van der Waals surface area contributed by atoms with Gasteiger partial charge in [-0.15, -0.1) is 0 Å². The summed E-state index contributed by atoms with van der Waals surface area (Å²) in [5.41, 5.74) is 1.72. The van der Waals surface area contributed by atoms with Crippen molar-refractivity contribution in [2.24, 2.45) is 0 Å². The molecular weight excluding hydrogens is 415 g/mol. The maximum Gasteiger partial charge on any atom is 0.416 e. The molecule has 0 radical (unpaired) electrons. The van der Waals surface area contributed by atoms with Crippen molar-refractivity contribution in [3.63, 3.8) is 0 Å². The van der Waals surface area contributed by atoms with Crippen molar-refractivity contribution in [1.82, 2.24) is 10.2 Å². The topological polar surface area (TPSA) is 32.3 Å². The van der Waals surface area contributed by atoms with Crippen LogP contribution in [-0.4, -0.2) is 29.4 Å². The zero-order chi connectivity index (χ0) is 22.2. The number of nitrogens with one attached hydrogen (secondary N) is 1. The Kier molecular flexibility index (Phi) is 5.66. The van der Waals surface area contributed by atoms with Gasteiger partial charge >= 0.3 is 12.2 Å². The van der Waals surface area contributed by atoms with Crippen molar-refractivity contribution in [3.05, 3.63) is 70.8 Å². The first-order chi connectivity index (χ1) is 14.6. The second-order valence-corrected chi connectivity index (χ2v) is 8.24. The normalized spacial score (nSPS) is 21.5. The summed E-state index contributed by atoms with van der Waals surface area (Å²) in [5.74, 6) is -2.69. The molecule has 2 amide bonds. The van der Waals surface area contributed by atoms with Crippen molar-refractivity contribution in [1.29, 1.82) is 0 Å². The molecule has 0 aromatic heterocycles. The van der Waals surface area contributed by atoms with Crippen LogP contribution in [0.15, 0.2) is 48.5 Å². The number of urea groups is 1. The van der Waals surface area contributed by atoms with Crippen LogP contribution in [0.4, 0.5) is 26.7 Å². The van der Waals surface area contributed by atoms with Gasteiger partial charge in [0.2, 0.25) is 5.92 Å². The van der Waals surface area contributed by atoms with Crippen LogP contribution < -0.4 is 5.32 Å². The van der Waals surface area contributed by atoms with Crippen molar-refractivity contribution < 1.29 is 26.7 Å². The minimum Gasteiger partial charge on any atom is -0.335 e. The highest BCUT2D eigenvalue weighted by Crippen LogP contribution is 2.38. The number of halogens is 5. The average Bonchev–Trinajstić information content (AvgIpc) is 2.74. The van der Waals surface area contributed by atoms with E-state index < -0.39 is 23.7 Å². The molecule has 2 aromatic carbocycles. The highest BCUT2D eigenvalue weighted by Gasteiger charge is 2.38. The summed E-state index contributed by atoms with van der Waals surface area (Å²) in [7, 11) is 0. The fourth-order valence-electron chi connectivity index (χ4n) is 4.44. The summed E-state index contributed by atoms with van der Waals surface area (Å²) >= 11 is 0. The van der Waals surface area contributed by atoms with Crippen LogP contribution in [0.2, 0.25) is 0 Å². The molecule has 1 heterocycles. The number of hydrogen-bond acceptors (Lipinski definition) is 1. The van der Waals surface area contributed by atoms with Crippen LogP contribution in [0, 0.1) is 0 Å². The molecule has 1 fully saturated rings. The Morgan fingerprint density at radius 2 is 1.65 bits per heavy atom. The van der Waals surface area contributed by atoms with Crippen molar-refractivity contribution in [2.75, 3.05) is 6.54 Å². The predicted molar refractivity (Wildman–Crippen MR) is 106 cm³/mol. The lowest BCUT2D eigenvalue weighted by molar-refractivity contribution is -0.137. The Bertz CT molecular complexity index is 932. The number of amides is 2. The SMILES string of the molecule is O=C(NC1CCC(F)(F)CC1)N1CCc2ccccc2[C@H]1c1ccc(C(F)(F)F)cc1. The van der Waals surface area contributed by atoms with Crippen LogP contribution in [0.3, 0.4) is 0 Å². The zero-order valence-electron chi connectivity index (χ0n) is 16.8. The van der Waals surface area contributed by atoms with Crippen LogP contribution in [0.25, 0.3) is 0 Å². The van der Waals surface area contributed by atoms with Gasteiger partial charge in [-0.25, -0.2) is 13.6 Å². The molecule has 1 saturated carbocycles. The van der Waals surface area contributed by atoms with Crippen LogP contribution >= 0.6 is 0 Å². The molecule has 1 N–H and O–H groups in total. The first-order valence-electron chi connectivity index (χ1n) is 10.3. The van der Waals surface area contributed by atoms with Crippen molar-refractivity contribution in [2.45, 2.75) is 56.3 Å². The minimum atomic E-state index is -4.44. The van der Waals surface area contributed by atoms with E-state index in [1.807, 2.05) is 24.3 Å². The van der Waals surface area contributed by atoms with Gasteiger partial charge in [0, 0.05) is 25.4 Å². The van der Waals surface area contributed by atoms with Gasteiger partial charge in [0.15, 0.2) is 0 Å². The second kappa shape index (κ2) is 8.13. The van der Waals surface area contributed by atoms with E-state index in [1.54, 1.807) is 4.90 Å². The molecule has 0 unspecified atom stereocenters. The van der Waals surface area contributed by atoms with E-state index >= 15 is 0 Å². The molecule has 4 rings (SSSR count). The van der Waals surface area contributed by atoms with Crippen LogP contribution in [0.5, 0.6) is 0 Å². The fourth-order valence-corrected chi connectivity index (χ4v) is 4.44. The van der Waals surface area contributed by atoms with Crippen molar-refractivity contribution in [3.8, 4) is 0 Å². The number of hydrogen-bond donors (Lipinski definition) is 1. The van der Waals surface area contributed by atoms with Gasteiger partial charge in [0.1, 0.15) is 0 Å². The number of benzene rings is 2. The van der Waals surface area contributed by atoms with Gasteiger partial charge in [-0.1, -0.05) is 36.4 Å². The maximum absolute atomic E-state index is 13.4. The predicted octanol–water partition coefficient (Wildman–Crippen LogP) is 5.94. The summed E-state index contributed by atoms with van der Waals surface area (Å²) < 4.78 is 65.8. The van der Waals surface area contributed by atoms with Gasteiger partial charge in [-0.05, 0) is 48.1 Å². The first-order valence-corrected chi connectivity index (χ1v) is 10.3. The van der Waals surface area contributed by atoms with Gasteiger partial charge < -0.3 is 10.2 Å². The third kappa shape index (κ3) is 4.67. The molecule has 31 heavy (non-hydrogen) atoms. The third-order valence-corrected chi connectivity index (χ3v) is 6.14. The number of rotatable bonds is 2. The van der Waals surface area contributed by atoms with Crippen LogP contribution in [0.1, 0.15) is 54.0 Å². The Labute approximate surface area is 177 Å². The first kappa shape index (κ1) is 21.6. The molecule has 1 aliphatic carbocycles. The lowest BCUT2D eigenvalue weighted by atomic mass is 9.88. The summed E-state index contributed by atoms with van der Waals surface area (Å²) in [6.07, 6.45) is -3.94. The highest BCUT2D eigenvalue weighted by atomic mass is 19.4. The molecule has 2 aromatic rings. The second-order valence-electron chi connectivity index (χ2n) is 8.24. The van der Waals surface area contributed by atoms with E-state index in [1.165, 1.54) is 12.1 Å². The quantitative estimate of drug-likeness (QED) is 0.579. The van der Waals surface area contributed by atoms with E-state index in [0.29, 0.717) is 18.5 Å². The summed E-state index contributed by atoms with van der Waals surface area (Å²) in [5, 5.41) is 2.87. The number of fused-ring (bicyclic) bond motifs is 1. The zero-order valence-corrected chi connectivity index (χ0v) is 16.8. The fraction of sp³-hybridized carbons (Fsp3) is 0.435. The Morgan fingerprint density at radius 3 is 2.29 bits per heavy atom. The summed E-state index contributed by atoms with van der Waals surface area (Å²) in [6, 6.07) is 11.1. The highest BCUT2D eigenvalue weighted by molar-refractivity contribution is 5.76. The number of alkyl halides is 5. The van der Waals surface area contributed by atoms with E-state index in [9.17, 15) is 26.7 Å². The minimum absolute atomic E-state index is 0.202. The van der Waals surface area contributed by atoms with Crippen LogP contribution in [-0.2, 0) is 12.6 Å². The van der Waals surface area contributed by atoms with Gasteiger partial charge in [-0.3, -0.25) is 0 Å². The molecule has 8 heteroatoms. The lowest BCUT2D eigenvalue weighted by Gasteiger charge is -2.39. The molecule has 0 spiro atoms. The molecule has 0 bridgehead atoms. The monoisotopic (exact) mass is 438 g/mol. The number of carbonyl (C=O) groups excluding carboxylic acids is 1. The molecule has 1 aliphatic heterocycles. The maximum atomic E-state index is 13.4. The Balaban J connectivity index is 1.60. The number of nitrogens with zero attached hydrogens (tertiary/aromatic N) is 1. The molecule has 2 aliphatic rings. The Morgan fingerprint density at radius 1 is 1.00 bits per heavy atom. The van der Waals surface area contributed by atoms with Gasteiger partial charge in [0.05, 0.1) is 11.6 Å². The molecule has 0 saturated heterocycles. The van der Waals surface area contributed by atoms with E-state index in [-0.39, 0.29) is 37.8 Å². The van der Waals surface area contributed by atoms with E-state index in [0.717, 1.165) is 23.3 Å². The average molecular weight is 438 g/mol. The van der Waals surface area contributed by atoms with Gasteiger partial charge in [0.25, 0.3) is 0 Å². The third-order valence-electron chi connectivity index (χ3n) is 6.14. The number of carbonyl (C=O) groups is 1. The molecule has 3 nitrogen and oxygen atoms in total.